The monoisotopic (exact) mass is 434 g/mol. The van der Waals surface area contributed by atoms with Crippen molar-refractivity contribution in [3.8, 4) is 17.2 Å². The molecule has 0 spiro atoms. The van der Waals surface area contributed by atoms with Crippen LogP contribution in [-0.2, 0) is 23.0 Å². The van der Waals surface area contributed by atoms with Gasteiger partial charge in [-0.2, -0.15) is 0 Å². The number of carbonyl (C=O) groups excluding carboxylic acids is 1. The highest BCUT2D eigenvalue weighted by Crippen LogP contribution is 2.36. The first-order chi connectivity index (χ1) is 14.2. The molecule has 0 saturated heterocycles. The first-order valence-corrected chi connectivity index (χ1v) is 11.2. The van der Waals surface area contributed by atoms with E-state index < -0.39 is 10.0 Å². The maximum absolute atomic E-state index is 12.7. The van der Waals surface area contributed by atoms with Gasteiger partial charge in [-0.3, -0.25) is 9.10 Å². The van der Waals surface area contributed by atoms with E-state index in [2.05, 4.69) is 5.32 Å². The lowest BCUT2D eigenvalue weighted by atomic mass is 10.1. The number of hydrogen-bond acceptors (Lipinski definition) is 6. The minimum atomic E-state index is -3.37. The first-order valence-electron chi connectivity index (χ1n) is 9.39. The summed E-state index contributed by atoms with van der Waals surface area (Å²) in [6.07, 6.45) is 1.75. The zero-order valence-corrected chi connectivity index (χ0v) is 18.5. The molecule has 2 aromatic carbocycles. The molecular weight excluding hydrogens is 408 g/mol. The van der Waals surface area contributed by atoms with Crippen LogP contribution in [0.3, 0.4) is 0 Å². The molecule has 162 valence electrons. The number of methoxy groups -OCH3 is 3. The molecule has 3 rings (SSSR count). The van der Waals surface area contributed by atoms with Crippen LogP contribution in [0.15, 0.2) is 30.3 Å². The zero-order valence-electron chi connectivity index (χ0n) is 17.7. The number of sulfonamides is 1. The van der Waals surface area contributed by atoms with Crippen LogP contribution < -0.4 is 23.8 Å². The molecule has 0 saturated carbocycles. The SMILES string of the molecule is COc1cc(OC)c(OC)cc1CNC(=O)c1ccc2c(c1)C[C@@H](C)N2S(C)(=O)=O. The van der Waals surface area contributed by atoms with Crippen molar-refractivity contribution in [2.24, 2.45) is 0 Å². The summed E-state index contributed by atoms with van der Waals surface area (Å²) < 4.78 is 41.5. The van der Waals surface area contributed by atoms with Crippen molar-refractivity contribution in [1.29, 1.82) is 0 Å². The Hall–Kier alpha value is -2.94. The quantitative estimate of drug-likeness (QED) is 0.719. The lowest BCUT2D eigenvalue weighted by Crippen LogP contribution is -2.34. The fourth-order valence-corrected chi connectivity index (χ4v) is 5.02. The fourth-order valence-electron chi connectivity index (χ4n) is 3.76. The van der Waals surface area contributed by atoms with Crippen LogP contribution in [0.2, 0.25) is 0 Å². The molecule has 1 N–H and O–H groups in total. The number of anilines is 1. The molecule has 1 aliphatic heterocycles. The number of hydrogen-bond donors (Lipinski definition) is 1. The van der Waals surface area contributed by atoms with Crippen molar-refractivity contribution in [3.63, 3.8) is 0 Å². The topological polar surface area (TPSA) is 94.2 Å². The van der Waals surface area contributed by atoms with Crippen molar-refractivity contribution >= 4 is 21.6 Å². The highest BCUT2D eigenvalue weighted by atomic mass is 32.2. The van der Waals surface area contributed by atoms with E-state index in [1.165, 1.54) is 17.7 Å². The van der Waals surface area contributed by atoms with Gasteiger partial charge in [0, 0.05) is 29.8 Å². The van der Waals surface area contributed by atoms with E-state index in [1.54, 1.807) is 44.6 Å². The Morgan fingerprint density at radius 2 is 1.70 bits per heavy atom. The minimum absolute atomic E-state index is 0.177. The maximum atomic E-state index is 12.7. The molecule has 0 aromatic heterocycles. The third kappa shape index (κ3) is 4.16. The van der Waals surface area contributed by atoms with Crippen LogP contribution in [0.4, 0.5) is 5.69 Å². The highest BCUT2D eigenvalue weighted by Gasteiger charge is 2.32. The molecule has 9 heteroatoms. The van der Waals surface area contributed by atoms with Crippen molar-refractivity contribution < 1.29 is 27.4 Å². The van der Waals surface area contributed by atoms with Crippen LogP contribution in [0, 0.1) is 0 Å². The standard InChI is InChI=1S/C21H26N2O6S/c1-13-8-15-9-14(6-7-17(15)23(13)30(5,25)26)21(24)22-12-16-10-19(28-3)20(29-4)11-18(16)27-2/h6-7,9-11,13H,8,12H2,1-5H3,(H,22,24)/t13-/m1/s1. The summed E-state index contributed by atoms with van der Waals surface area (Å²) in [5.74, 6) is 1.38. The highest BCUT2D eigenvalue weighted by molar-refractivity contribution is 7.92. The van der Waals surface area contributed by atoms with Gasteiger partial charge in [0.05, 0.1) is 33.3 Å². The average Bonchev–Trinajstić information content (AvgIpc) is 3.06. The molecule has 0 unspecified atom stereocenters. The number of nitrogens with one attached hydrogen (secondary N) is 1. The van der Waals surface area contributed by atoms with Crippen molar-refractivity contribution in [2.45, 2.75) is 25.9 Å². The van der Waals surface area contributed by atoms with Gasteiger partial charge in [0.15, 0.2) is 11.5 Å². The van der Waals surface area contributed by atoms with E-state index in [4.69, 9.17) is 14.2 Å². The molecule has 1 amide bonds. The maximum Gasteiger partial charge on any atom is 0.251 e. The van der Waals surface area contributed by atoms with Crippen LogP contribution in [0.5, 0.6) is 17.2 Å². The minimum Gasteiger partial charge on any atom is -0.496 e. The Balaban J connectivity index is 1.79. The fraction of sp³-hybridized carbons (Fsp3) is 0.381. The number of rotatable bonds is 7. The average molecular weight is 435 g/mol. The third-order valence-corrected chi connectivity index (χ3v) is 6.35. The third-order valence-electron chi connectivity index (χ3n) is 5.08. The van der Waals surface area contributed by atoms with Gasteiger partial charge in [-0.1, -0.05) is 0 Å². The van der Waals surface area contributed by atoms with Crippen LogP contribution in [0.1, 0.15) is 28.4 Å². The predicted octanol–water partition coefficient (Wildman–Crippen LogP) is 2.35. The normalized spacial score (nSPS) is 15.5. The van der Waals surface area contributed by atoms with Gasteiger partial charge >= 0.3 is 0 Å². The van der Waals surface area contributed by atoms with Crippen molar-refractivity contribution in [2.75, 3.05) is 31.9 Å². The van der Waals surface area contributed by atoms with Gasteiger partial charge in [-0.15, -0.1) is 0 Å². The van der Waals surface area contributed by atoms with Crippen LogP contribution in [0.25, 0.3) is 0 Å². The van der Waals surface area contributed by atoms with E-state index in [1.807, 2.05) is 6.92 Å². The lowest BCUT2D eigenvalue weighted by Gasteiger charge is -2.21. The van der Waals surface area contributed by atoms with Gasteiger partial charge in [0.1, 0.15) is 5.75 Å². The van der Waals surface area contributed by atoms with E-state index in [0.717, 1.165) is 11.1 Å². The Labute approximate surface area is 176 Å². The number of amides is 1. The molecule has 0 bridgehead atoms. The number of ether oxygens (including phenoxy) is 3. The summed E-state index contributed by atoms with van der Waals surface area (Å²) in [4.78, 5) is 12.7. The first kappa shape index (κ1) is 21.8. The molecule has 0 aliphatic carbocycles. The van der Waals surface area contributed by atoms with E-state index >= 15 is 0 Å². The van der Waals surface area contributed by atoms with Gasteiger partial charge in [-0.05, 0) is 43.2 Å². The smallest absolute Gasteiger partial charge is 0.251 e. The van der Waals surface area contributed by atoms with Gasteiger partial charge in [0.25, 0.3) is 5.91 Å². The van der Waals surface area contributed by atoms with Crippen molar-refractivity contribution in [1.82, 2.24) is 5.32 Å². The largest absolute Gasteiger partial charge is 0.496 e. The van der Waals surface area contributed by atoms with Crippen LogP contribution >= 0.6 is 0 Å². The summed E-state index contributed by atoms with van der Waals surface area (Å²) in [7, 11) is 1.26. The number of nitrogens with zero attached hydrogens (tertiary/aromatic N) is 1. The summed E-state index contributed by atoms with van der Waals surface area (Å²) in [6, 6.07) is 8.35. The molecule has 1 atom stereocenters. The second kappa shape index (κ2) is 8.43. The molecule has 1 aliphatic rings. The molecule has 0 fully saturated rings. The van der Waals surface area contributed by atoms with Gasteiger partial charge in [0.2, 0.25) is 10.0 Å². The van der Waals surface area contributed by atoms with Gasteiger partial charge < -0.3 is 19.5 Å². The zero-order chi connectivity index (χ0) is 22.1. The second-order valence-electron chi connectivity index (χ2n) is 7.16. The molecule has 8 nitrogen and oxygen atoms in total. The summed E-state index contributed by atoms with van der Waals surface area (Å²) in [5.41, 5.74) is 2.67. The Morgan fingerprint density at radius 1 is 1.07 bits per heavy atom. The molecular formula is C21H26N2O6S. The van der Waals surface area contributed by atoms with E-state index in [0.29, 0.717) is 34.9 Å². The Bertz CT molecular complexity index is 1070. The van der Waals surface area contributed by atoms with Crippen molar-refractivity contribution in [3.05, 3.63) is 47.0 Å². The molecule has 30 heavy (non-hydrogen) atoms. The summed E-state index contributed by atoms with van der Waals surface area (Å²) in [6.45, 7) is 2.08. The van der Waals surface area contributed by atoms with E-state index in [-0.39, 0.29) is 18.5 Å². The molecule has 2 aromatic rings. The Morgan fingerprint density at radius 3 is 2.30 bits per heavy atom. The molecule has 1 heterocycles. The Kier molecular flexibility index (Phi) is 6.12. The summed E-state index contributed by atoms with van der Waals surface area (Å²) in [5, 5.41) is 2.88. The summed E-state index contributed by atoms with van der Waals surface area (Å²) >= 11 is 0. The van der Waals surface area contributed by atoms with Crippen LogP contribution in [-0.4, -0.2) is 48.0 Å². The van der Waals surface area contributed by atoms with Gasteiger partial charge in [-0.25, -0.2) is 8.42 Å². The molecule has 0 radical (unpaired) electrons. The lowest BCUT2D eigenvalue weighted by molar-refractivity contribution is 0.0950. The number of fused-ring (bicyclic) bond motifs is 1. The second-order valence-corrected chi connectivity index (χ2v) is 9.02. The van der Waals surface area contributed by atoms with E-state index in [9.17, 15) is 13.2 Å². The number of benzene rings is 2. The predicted molar refractivity (Wildman–Crippen MR) is 114 cm³/mol. The number of carbonyl (C=O) groups is 1.